The molecule has 0 saturated carbocycles. The Hall–Kier alpha value is -8.45. The van der Waals surface area contributed by atoms with Crippen LogP contribution in [0.15, 0.2) is 140 Å². The lowest BCUT2D eigenvalue weighted by Gasteiger charge is -2.44. The molecule has 524 valence electrons. The fourth-order valence-corrected chi connectivity index (χ4v) is 13.8. The molecule has 3 fully saturated rings. The number of ether oxygens (including phenoxy) is 3. The zero-order valence-corrected chi connectivity index (χ0v) is 55.4. The highest BCUT2D eigenvalue weighted by Crippen LogP contribution is 2.49. The largest absolute Gasteiger partial charge is 0.446 e. The van der Waals surface area contributed by atoms with Crippen LogP contribution >= 0.6 is 0 Å². The average molecular weight is 1370 g/mol. The van der Waals surface area contributed by atoms with Crippen molar-refractivity contribution in [2.24, 2.45) is 0 Å². The molecule has 98 heavy (non-hydrogen) atoms. The number of likely N-dealkylation sites (N-methyl/N-ethyl adjacent to an activating group) is 2. The minimum Gasteiger partial charge on any atom is -0.446 e. The second kappa shape index (κ2) is 32.0. The summed E-state index contributed by atoms with van der Waals surface area (Å²) >= 11 is 0. The van der Waals surface area contributed by atoms with E-state index in [0.29, 0.717) is 127 Å². The Labute approximate surface area is 566 Å². The predicted molar refractivity (Wildman–Crippen MR) is 355 cm³/mol. The van der Waals surface area contributed by atoms with Gasteiger partial charge in [0, 0.05) is 102 Å². The molecule has 1 spiro atoms. The van der Waals surface area contributed by atoms with Gasteiger partial charge in [-0.25, -0.2) is 13.6 Å². The summed E-state index contributed by atoms with van der Waals surface area (Å²) in [5.74, 6) is -2.75. The molecule has 0 bridgehead atoms. The van der Waals surface area contributed by atoms with E-state index in [2.05, 4.69) is 32.6 Å². The number of carbonyl (C=O) groups is 5. The van der Waals surface area contributed by atoms with Gasteiger partial charge in [0.25, 0.3) is 11.8 Å². The number of amides is 5. The number of rotatable bonds is 26. The minimum absolute atomic E-state index is 0.0357. The molecule has 2 N–H and O–H groups in total. The predicted octanol–water partition coefficient (Wildman–Crippen LogP) is 13.1. The van der Waals surface area contributed by atoms with Crippen LogP contribution in [0.1, 0.15) is 113 Å². The molecule has 0 aromatic heterocycles. The molecule has 5 amide bonds. The van der Waals surface area contributed by atoms with E-state index < -0.39 is 70.4 Å². The maximum Gasteiger partial charge on any atom is 0.416 e. The summed E-state index contributed by atoms with van der Waals surface area (Å²) < 4.78 is 131. The van der Waals surface area contributed by atoms with Crippen LogP contribution in [-0.2, 0) is 53.6 Å². The number of para-hydroxylation sites is 1. The normalized spacial score (nSPS) is 18.1. The SMILES string of the molecule is CN(CCN1CCC(OC(=O)Nc2ccccc2-c2ccccc2)CC1)C(=O)CCCCCNc1ccc(C(=O)N(C)CCCN(C)C(=O)COC2Cc3ccccc3C23CCN(CC[C@@]2(c4ccc(F)cc4)CN(C(=O)c4cc(C(F)(F)F)cc(C(F)(F)F)c4)CO2)CC3)cc1F. The number of fused-ring (bicyclic) bond motifs is 2. The Morgan fingerprint density at radius 1 is 0.643 bits per heavy atom. The third-order valence-electron chi connectivity index (χ3n) is 19.6. The van der Waals surface area contributed by atoms with Gasteiger partial charge in [0.1, 0.15) is 36.7 Å². The summed E-state index contributed by atoms with van der Waals surface area (Å²) in [4.78, 5) is 77.0. The van der Waals surface area contributed by atoms with Crippen LogP contribution in [0.5, 0.6) is 0 Å². The van der Waals surface area contributed by atoms with Crippen molar-refractivity contribution in [2.75, 3.05) is 117 Å². The highest BCUT2D eigenvalue weighted by molar-refractivity contribution is 5.95. The quantitative estimate of drug-likeness (QED) is 0.0394. The number of benzene rings is 6. The molecule has 3 saturated heterocycles. The fraction of sp³-hybridized carbons (Fsp3) is 0.446. The Balaban J connectivity index is 0.611. The highest BCUT2D eigenvalue weighted by atomic mass is 19.4. The standard InChI is InChI=1S/C74H84F8N8O8/c1-85(34-14-35-87(3)68(93)53-22-27-64(62(76)45-53)83-33-13-5-8-21-66(91)86(2)41-42-88-36-28-59(29-37-88)98-70(95)84-63-20-12-10-18-60(63)51-15-6-4-7-16-51)67(92)48-96-65-46-52-17-9-11-19-61(52)71(65)30-38-89(39-31-71)40-32-72(55-23-25-58(75)26-24-55)49-90(50-97-72)69(94)54-43-56(73(77,78)79)47-57(44-54)74(80,81)82/h4,6-7,9-12,15-20,22-27,43-45,47,59,65,83H,5,8,13-14,21,28-42,46,48-50H2,1-3H3,(H,84,95)/t65?,72-/m0/s1. The van der Waals surface area contributed by atoms with Gasteiger partial charge in [-0.05, 0) is 148 Å². The molecule has 0 radical (unpaired) electrons. The number of carbonyl (C=O) groups excluding carboxylic acids is 5. The first-order valence-corrected chi connectivity index (χ1v) is 33.4. The summed E-state index contributed by atoms with van der Waals surface area (Å²) in [5, 5.41) is 6.03. The number of piperidine rings is 2. The molecule has 16 nitrogen and oxygen atoms in total. The Kier molecular flexibility index (Phi) is 23.6. The highest BCUT2D eigenvalue weighted by Gasteiger charge is 2.50. The van der Waals surface area contributed by atoms with Gasteiger partial charge in [-0.15, -0.1) is 0 Å². The molecule has 2 atom stereocenters. The van der Waals surface area contributed by atoms with Gasteiger partial charge in [-0.1, -0.05) is 91.3 Å². The number of hydrogen-bond donors (Lipinski definition) is 2. The molecule has 3 aliphatic heterocycles. The van der Waals surface area contributed by atoms with Crippen molar-refractivity contribution in [3.63, 3.8) is 0 Å². The topological polar surface area (TPSA) is 157 Å². The Bertz CT molecular complexity index is 3700. The zero-order chi connectivity index (χ0) is 69.8. The second-order valence-electron chi connectivity index (χ2n) is 26.1. The molecule has 4 aliphatic rings. The van der Waals surface area contributed by atoms with Crippen molar-refractivity contribution in [1.29, 1.82) is 0 Å². The van der Waals surface area contributed by atoms with Crippen molar-refractivity contribution in [1.82, 2.24) is 29.4 Å². The number of nitrogens with one attached hydrogen (secondary N) is 2. The number of likely N-dealkylation sites (tertiary alicyclic amines) is 2. The van der Waals surface area contributed by atoms with Crippen molar-refractivity contribution in [3.05, 3.63) is 190 Å². The molecule has 6 aromatic carbocycles. The van der Waals surface area contributed by atoms with Crippen LogP contribution in [0.3, 0.4) is 0 Å². The summed E-state index contributed by atoms with van der Waals surface area (Å²) in [6.07, 6.45) is -4.80. The third-order valence-corrected chi connectivity index (χ3v) is 19.6. The molecule has 6 aromatic rings. The van der Waals surface area contributed by atoms with E-state index in [1.54, 1.807) is 36.0 Å². The van der Waals surface area contributed by atoms with E-state index in [4.69, 9.17) is 14.2 Å². The first-order chi connectivity index (χ1) is 46.9. The van der Waals surface area contributed by atoms with E-state index in [9.17, 15) is 54.7 Å². The van der Waals surface area contributed by atoms with E-state index >= 15 is 4.39 Å². The van der Waals surface area contributed by atoms with E-state index in [0.717, 1.165) is 53.2 Å². The number of halogens is 8. The van der Waals surface area contributed by atoms with Gasteiger partial charge in [0.15, 0.2) is 0 Å². The van der Waals surface area contributed by atoms with Crippen molar-refractivity contribution in [3.8, 4) is 11.1 Å². The average Bonchev–Trinajstić information content (AvgIpc) is 1.58. The maximum absolute atomic E-state index is 15.4. The first-order valence-electron chi connectivity index (χ1n) is 33.4. The summed E-state index contributed by atoms with van der Waals surface area (Å²) in [6.45, 7) is 4.62. The minimum atomic E-state index is -5.16. The number of unbranched alkanes of at least 4 members (excludes halogenated alkanes) is 2. The van der Waals surface area contributed by atoms with Crippen molar-refractivity contribution < 1.29 is 73.3 Å². The van der Waals surface area contributed by atoms with Gasteiger partial charge in [-0.3, -0.25) is 24.5 Å². The van der Waals surface area contributed by atoms with Crippen LogP contribution in [-0.4, -0.2) is 178 Å². The number of anilines is 2. The van der Waals surface area contributed by atoms with Gasteiger partial charge in [0.2, 0.25) is 11.8 Å². The van der Waals surface area contributed by atoms with Gasteiger partial charge in [-0.2, -0.15) is 26.3 Å². The molecule has 1 aliphatic carbocycles. The Morgan fingerprint density at radius 2 is 1.30 bits per heavy atom. The first kappa shape index (κ1) is 72.3. The molecule has 24 heteroatoms. The summed E-state index contributed by atoms with van der Waals surface area (Å²) in [7, 11) is 5.10. The lowest BCUT2D eigenvalue weighted by atomic mass is 9.72. The molecule has 3 heterocycles. The smallest absolute Gasteiger partial charge is 0.416 e. The van der Waals surface area contributed by atoms with Crippen molar-refractivity contribution >= 4 is 41.1 Å². The van der Waals surface area contributed by atoms with Crippen LogP contribution in [0.4, 0.5) is 51.3 Å². The van der Waals surface area contributed by atoms with Crippen LogP contribution in [0, 0.1) is 11.6 Å². The van der Waals surface area contributed by atoms with Crippen LogP contribution in [0.2, 0.25) is 0 Å². The lowest BCUT2D eigenvalue weighted by Crippen LogP contribution is -2.50. The molecule has 1 unspecified atom stereocenters. The van der Waals surface area contributed by atoms with E-state index in [-0.39, 0.29) is 66.8 Å². The molecule has 10 rings (SSSR count). The van der Waals surface area contributed by atoms with Gasteiger partial charge >= 0.3 is 18.4 Å². The summed E-state index contributed by atoms with van der Waals surface area (Å²) in [5.41, 5.74) is 0.0389. The van der Waals surface area contributed by atoms with E-state index in [1.807, 2.05) is 73.8 Å². The van der Waals surface area contributed by atoms with Crippen molar-refractivity contribution in [2.45, 2.75) is 106 Å². The number of hydrogen-bond acceptors (Lipinski definition) is 11. The molecular formula is C74H84F8N8O8. The van der Waals surface area contributed by atoms with Crippen LogP contribution in [0.25, 0.3) is 11.1 Å². The number of alkyl halides is 6. The van der Waals surface area contributed by atoms with Gasteiger partial charge in [0.05, 0.1) is 35.2 Å². The summed E-state index contributed by atoms with van der Waals surface area (Å²) in [6, 6.07) is 36.0. The zero-order valence-electron chi connectivity index (χ0n) is 55.4. The van der Waals surface area contributed by atoms with Crippen LogP contribution < -0.4 is 10.6 Å². The maximum atomic E-state index is 15.4. The fourth-order valence-electron chi connectivity index (χ4n) is 13.8. The molecular weight excluding hydrogens is 1280 g/mol. The monoisotopic (exact) mass is 1360 g/mol. The van der Waals surface area contributed by atoms with E-state index in [1.165, 1.54) is 35.2 Å². The number of nitrogens with zero attached hydrogens (tertiary/aromatic N) is 6. The third kappa shape index (κ3) is 18.1. The lowest BCUT2D eigenvalue weighted by molar-refractivity contribution is -0.143. The Morgan fingerprint density at radius 3 is 2.00 bits per heavy atom. The van der Waals surface area contributed by atoms with Gasteiger partial charge < -0.3 is 48.9 Å². The second-order valence-corrected chi connectivity index (χ2v) is 26.1.